The van der Waals surface area contributed by atoms with Gasteiger partial charge in [0.2, 0.25) is 23.6 Å². The predicted octanol–water partition coefficient (Wildman–Crippen LogP) is 8.94. The molecule has 438 valence electrons. The first-order valence-electron chi connectivity index (χ1n) is 29.3. The molecule has 1 saturated carbocycles. The van der Waals surface area contributed by atoms with Crippen molar-refractivity contribution in [1.82, 2.24) is 25.8 Å². The minimum absolute atomic E-state index is 0.0278. The molecule has 8 rings (SSSR count). The molecule has 2 fully saturated rings. The molecule has 1 heterocycles. The minimum Gasteiger partial charge on any atom is -0.508 e. The number of nitrogens with zero attached hydrogens (tertiary/aromatic N) is 2. The van der Waals surface area contributed by atoms with Gasteiger partial charge in [-0.05, 0) is 134 Å². The lowest BCUT2D eigenvalue weighted by molar-refractivity contribution is -0.143. The maximum Gasteiger partial charge on any atom is 0.248 e. The summed E-state index contributed by atoms with van der Waals surface area (Å²) in [6.45, 7) is 6.59. The van der Waals surface area contributed by atoms with Gasteiger partial charge in [0.15, 0.2) is 0 Å². The number of phenolic OH excluding ortho intramolecular Hbond substituents is 1. The van der Waals surface area contributed by atoms with Crippen LogP contribution >= 0.6 is 0 Å². The van der Waals surface area contributed by atoms with Gasteiger partial charge in [-0.1, -0.05) is 111 Å². The number of ether oxygens (including phenoxy) is 6. The molecule has 16 nitrogen and oxygen atoms in total. The number of fused-ring (bicyclic) bond motifs is 1. The van der Waals surface area contributed by atoms with E-state index >= 15 is 0 Å². The van der Waals surface area contributed by atoms with Crippen LogP contribution in [0.5, 0.6) is 23.0 Å². The second-order valence-electron chi connectivity index (χ2n) is 21.4. The molecular formula is C66H83N5O11. The van der Waals surface area contributed by atoms with Crippen molar-refractivity contribution < 1.29 is 52.7 Å². The van der Waals surface area contributed by atoms with Crippen molar-refractivity contribution in [2.45, 2.75) is 108 Å². The van der Waals surface area contributed by atoms with Crippen molar-refractivity contribution in [3.05, 3.63) is 155 Å². The zero-order valence-electron chi connectivity index (χ0n) is 48.2. The van der Waals surface area contributed by atoms with Crippen molar-refractivity contribution in [3.8, 4) is 23.0 Å². The van der Waals surface area contributed by atoms with Crippen LogP contribution < -0.4 is 30.2 Å². The molecule has 0 spiro atoms. The Morgan fingerprint density at radius 1 is 0.695 bits per heavy atom. The number of aromatic hydroxyl groups is 1. The van der Waals surface area contributed by atoms with Crippen LogP contribution in [0.4, 0.5) is 0 Å². The normalized spacial score (nSPS) is 18.1. The van der Waals surface area contributed by atoms with Crippen LogP contribution in [0.25, 0.3) is 11.1 Å². The van der Waals surface area contributed by atoms with E-state index in [1.54, 1.807) is 49.0 Å². The third-order valence-corrected chi connectivity index (χ3v) is 15.8. The molecule has 0 aromatic heterocycles. The summed E-state index contributed by atoms with van der Waals surface area (Å²) in [5, 5.41) is 19.4. The molecule has 0 radical (unpaired) electrons. The topological polar surface area (TPSA) is 186 Å². The third kappa shape index (κ3) is 17.2. The molecule has 16 heteroatoms. The highest BCUT2D eigenvalue weighted by Gasteiger charge is 2.45. The summed E-state index contributed by atoms with van der Waals surface area (Å²) in [5.74, 6) is 1.15. The first-order valence-corrected chi connectivity index (χ1v) is 29.3. The number of carbonyl (C=O) groups excluding carboxylic acids is 4. The van der Waals surface area contributed by atoms with Gasteiger partial charge < -0.3 is 59.3 Å². The van der Waals surface area contributed by atoms with Gasteiger partial charge in [0.05, 0.1) is 58.2 Å². The lowest BCUT2D eigenvalue weighted by Gasteiger charge is -2.35. The molecule has 0 unspecified atom stereocenters. The van der Waals surface area contributed by atoms with Gasteiger partial charge in [-0.2, -0.15) is 0 Å². The Hall–Kier alpha value is -7.24. The number of hydrogen-bond donors (Lipinski definition) is 4. The maximum atomic E-state index is 14.8. The summed E-state index contributed by atoms with van der Waals surface area (Å²) >= 11 is 0. The number of carbonyl (C=O) groups is 4. The van der Waals surface area contributed by atoms with Gasteiger partial charge >= 0.3 is 0 Å². The van der Waals surface area contributed by atoms with Crippen LogP contribution in [0.2, 0.25) is 0 Å². The Labute approximate surface area is 483 Å². The smallest absolute Gasteiger partial charge is 0.248 e. The summed E-state index contributed by atoms with van der Waals surface area (Å²) in [4.78, 5) is 58.5. The number of rotatable bonds is 29. The molecule has 5 atom stereocenters. The molecule has 3 aliphatic rings. The quantitative estimate of drug-likeness (QED) is 0.0264. The average Bonchev–Trinajstić information content (AvgIpc) is 4.16. The molecule has 2 aliphatic carbocycles. The fourth-order valence-electron chi connectivity index (χ4n) is 11.2. The van der Waals surface area contributed by atoms with Crippen LogP contribution in [-0.4, -0.2) is 143 Å². The van der Waals surface area contributed by atoms with Gasteiger partial charge in [-0.25, -0.2) is 0 Å². The fraction of sp³-hybridized carbons (Fsp3) is 0.455. The number of amides is 4. The lowest BCUT2D eigenvalue weighted by Crippen LogP contribution is -2.58. The zero-order chi connectivity index (χ0) is 57.6. The van der Waals surface area contributed by atoms with Crippen molar-refractivity contribution in [2.24, 2.45) is 5.92 Å². The predicted molar refractivity (Wildman–Crippen MR) is 317 cm³/mol. The van der Waals surface area contributed by atoms with E-state index in [0.29, 0.717) is 63.2 Å². The van der Waals surface area contributed by atoms with E-state index in [1.807, 2.05) is 84.9 Å². The molecular weight excluding hydrogens is 1040 g/mol. The van der Waals surface area contributed by atoms with Crippen molar-refractivity contribution in [2.75, 3.05) is 80.0 Å². The van der Waals surface area contributed by atoms with Gasteiger partial charge in [0.1, 0.15) is 61.0 Å². The molecule has 1 aliphatic heterocycles. The average molecular weight is 1120 g/mol. The molecule has 1 saturated heterocycles. The molecule has 4 amide bonds. The molecule has 5 aromatic rings. The Morgan fingerprint density at radius 2 is 1.35 bits per heavy atom. The fourth-order valence-corrected chi connectivity index (χ4v) is 11.2. The summed E-state index contributed by atoms with van der Waals surface area (Å²) in [5.41, 5.74) is 7.82. The van der Waals surface area contributed by atoms with E-state index in [2.05, 4.69) is 47.1 Å². The van der Waals surface area contributed by atoms with E-state index in [1.165, 1.54) is 11.1 Å². The number of likely N-dealkylation sites (tertiary alicyclic amines) is 1. The van der Waals surface area contributed by atoms with Gasteiger partial charge in [0.25, 0.3) is 0 Å². The van der Waals surface area contributed by atoms with Crippen LogP contribution in [-0.2, 0) is 39.8 Å². The Morgan fingerprint density at radius 3 is 2.07 bits per heavy atom. The van der Waals surface area contributed by atoms with Gasteiger partial charge in [-0.15, -0.1) is 0 Å². The SMILES string of the molecule is CC/C(=C(\c1ccc(O)cc1)c1ccc(OCCN(C)C(=O)COCCOCCOCCOc2cccc(O[C@H]3C[C@@H](C(=O)N[C@@H]4CCCc5ccccc54)N(C(=O)[C@@H](NC(=O)[C@H](C)NC)C4CCCCC4)C3)c2)cc1)c1ccccc1. The highest BCUT2D eigenvalue weighted by Crippen LogP contribution is 2.37. The highest BCUT2D eigenvalue weighted by atomic mass is 16.6. The minimum atomic E-state index is -0.784. The number of phenols is 1. The number of aryl methyl sites for hydroxylation is 1. The molecule has 4 N–H and O–H groups in total. The number of allylic oxidation sites excluding steroid dienone is 1. The standard InChI is InChI=1S/C66H83N5O11/c1-5-57(47-16-8-6-9-17-47)62(49-26-30-52(72)31-27-49)50-28-32-53(33-29-50)80-35-34-70(4)61(73)45-79-39-38-77-36-37-78-40-41-81-54-22-15-23-55(42-54)82-56-43-60(65(75)68-59-25-14-21-48-18-12-13-24-58(48)59)71(44-56)66(76)63(51-19-10-7-11-20-51)69-64(74)46(2)67-3/h6,8-9,12-13,15-18,22-24,26-33,42,46,51,56,59-60,63,67,72H,5,7,10-11,14,19-21,25,34-41,43-45H2,1-4H3,(H,68,75)(H,69,74)/b62-57-/t46-,56-,59+,60-,63-/m0/s1. The molecule has 82 heavy (non-hydrogen) atoms. The van der Waals surface area contributed by atoms with E-state index in [9.17, 15) is 24.3 Å². The first kappa shape index (κ1) is 60.8. The van der Waals surface area contributed by atoms with Crippen molar-refractivity contribution >= 4 is 34.8 Å². The van der Waals surface area contributed by atoms with E-state index in [4.69, 9.17) is 28.4 Å². The Balaban J connectivity index is 0.731. The number of likely N-dealkylation sites (N-methyl/N-ethyl adjacent to an activating group) is 2. The monoisotopic (exact) mass is 1120 g/mol. The lowest BCUT2D eigenvalue weighted by atomic mass is 9.83. The summed E-state index contributed by atoms with van der Waals surface area (Å²) in [6.07, 6.45) is 8.10. The molecule has 5 aromatic carbocycles. The van der Waals surface area contributed by atoms with Gasteiger partial charge in [-0.3, -0.25) is 19.2 Å². The van der Waals surface area contributed by atoms with E-state index in [-0.39, 0.29) is 67.7 Å². The van der Waals surface area contributed by atoms with Crippen molar-refractivity contribution in [1.29, 1.82) is 0 Å². The maximum absolute atomic E-state index is 14.8. The van der Waals surface area contributed by atoms with E-state index < -0.39 is 24.2 Å². The second kappa shape index (κ2) is 31.3. The second-order valence-corrected chi connectivity index (χ2v) is 21.4. The highest BCUT2D eigenvalue weighted by molar-refractivity contribution is 5.99. The third-order valence-electron chi connectivity index (χ3n) is 15.8. The van der Waals surface area contributed by atoms with Gasteiger partial charge in [0, 0.05) is 19.5 Å². The number of benzene rings is 5. The number of hydrogen-bond acceptors (Lipinski definition) is 12. The summed E-state index contributed by atoms with van der Waals surface area (Å²) in [6, 6.07) is 38.9. The first-order chi connectivity index (χ1) is 40.0. The Kier molecular flexibility index (Phi) is 23.2. The van der Waals surface area contributed by atoms with Crippen LogP contribution in [0, 0.1) is 5.92 Å². The largest absolute Gasteiger partial charge is 0.508 e. The Bertz CT molecular complexity index is 2860. The summed E-state index contributed by atoms with van der Waals surface area (Å²) < 4.78 is 35.6. The van der Waals surface area contributed by atoms with Crippen LogP contribution in [0.3, 0.4) is 0 Å². The zero-order valence-corrected chi connectivity index (χ0v) is 48.2. The number of nitrogens with one attached hydrogen (secondary N) is 3. The van der Waals surface area contributed by atoms with Crippen LogP contribution in [0.15, 0.2) is 127 Å². The molecule has 0 bridgehead atoms. The summed E-state index contributed by atoms with van der Waals surface area (Å²) in [7, 11) is 3.44. The van der Waals surface area contributed by atoms with Crippen LogP contribution in [0.1, 0.15) is 105 Å². The van der Waals surface area contributed by atoms with Crippen molar-refractivity contribution in [3.63, 3.8) is 0 Å². The van der Waals surface area contributed by atoms with E-state index in [0.717, 1.165) is 85.6 Å².